The van der Waals surface area contributed by atoms with Gasteiger partial charge in [-0.05, 0) is 34.7 Å². The summed E-state index contributed by atoms with van der Waals surface area (Å²) in [5.74, 6) is 0.555. The highest BCUT2D eigenvalue weighted by Crippen LogP contribution is 2.39. The van der Waals surface area contributed by atoms with Crippen molar-refractivity contribution in [2.24, 2.45) is 5.73 Å². The Hall–Kier alpha value is -1.95. The van der Waals surface area contributed by atoms with Gasteiger partial charge >= 0.3 is 0 Å². The Morgan fingerprint density at radius 1 is 1.11 bits per heavy atom. The molecule has 1 aliphatic rings. The zero-order chi connectivity index (χ0) is 18.9. The standard InChI is InChI=1S/C21H27NO4.ClH/c1-21(2,3)13-4-6-14(7-5-13)25-12-15-10-17-16(19(11-22)26-15)8-9-18(23)20(17)24;/h4-9,15,19,23-24H,10-12,22H2,1-3H3;1H/t15-,19-;/m0./s1. The van der Waals surface area contributed by atoms with Crippen LogP contribution in [0.2, 0.25) is 0 Å². The molecule has 2 aromatic carbocycles. The highest BCUT2D eigenvalue weighted by molar-refractivity contribution is 5.85. The molecule has 2 aromatic rings. The second-order valence-corrected chi connectivity index (χ2v) is 7.77. The first kappa shape index (κ1) is 21.4. The van der Waals surface area contributed by atoms with Gasteiger partial charge in [0.15, 0.2) is 11.5 Å². The van der Waals surface area contributed by atoms with Crippen molar-refractivity contribution in [2.75, 3.05) is 13.2 Å². The molecule has 0 unspecified atom stereocenters. The summed E-state index contributed by atoms with van der Waals surface area (Å²) in [6.07, 6.45) is -0.0975. The number of nitrogens with two attached hydrogens (primary N) is 1. The summed E-state index contributed by atoms with van der Waals surface area (Å²) in [5.41, 5.74) is 8.68. The van der Waals surface area contributed by atoms with Gasteiger partial charge < -0.3 is 25.4 Å². The molecule has 0 aromatic heterocycles. The van der Waals surface area contributed by atoms with E-state index in [0.29, 0.717) is 25.1 Å². The van der Waals surface area contributed by atoms with E-state index in [1.54, 1.807) is 6.07 Å². The van der Waals surface area contributed by atoms with E-state index in [9.17, 15) is 10.2 Å². The monoisotopic (exact) mass is 393 g/mol. The SMILES string of the molecule is CC(C)(C)c1ccc(OC[C@@H]2Cc3c(ccc(O)c3O)[C@H](CN)O2)cc1.Cl. The van der Waals surface area contributed by atoms with Crippen molar-refractivity contribution in [1.29, 1.82) is 0 Å². The fourth-order valence-corrected chi connectivity index (χ4v) is 3.26. The number of fused-ring (bicyclic) bond motifs is 1. The molecule has 0 bridgehead atoms. The second-order valence-electron chi connectivity index (χ2n) is 7.77. The van der Waals surface area contributed by atoms with Crippen molar-refractivity contribution in [3.8, 4) is 17.2 Å². The number of rotatable bonds is 4. The lowest BCUT2D eigenvalue weighted by Gasteiger charge is -2.32. The fourth-order valence-electron chi connectivity index (χ4n) is 3.26. The van der Waals surface area contributed by atoms with E-state index in [0.717, 1.165) is 11.3 Å². The molecule has 2 atom stereocenters. The molecular formula is C21H28ClNO4. The summed E-state index contributed by atoms with van der Waals surface area (Å²) in [6.45, 7) is 7.16. The quantitative estimate of drug-likeness (QED) is 0.687. The molecule has 5 nitrogen and oxygen atoms in total. The molecule has 3 rings (SSSR count). The molecule has 0 saturated heterocycles. The molecule has 0 radical (unpaired) electrons. The van der Waals surface area contributed by atoms with E-state index in [-0.39, 0.29) is 41.5 Å². The molecule has 1 heterocycles. The zero-order valence-corrected chi connectivity index (χ0v) is 16.8. The third-order valence-electron chi connectivity index (χ3n) is 4.80. The van der Waals surface area contributed by atoms with Crippen molar-refractivity contribution in [3.05, 3.63) is 53.1 Å². The normalized spacial score (nSPS) is 19.1. The summed E-state index contributed by atoms with van der Waals surface area (Å²) in [4.78, 5) is 0. The number of benzene rings is 2. The van der Waals surface area contributed by atoms with Crippen LogP contribution in [0.5, 0.6) is 17.2 Å². The van der Waals surface area contributed by atoms with Gasteiger partial charge in [0, 0.05) is 18.5 Å². The van der Waals surface area contributed by atoms with E-state index >= 15 is 0 Å². The van der Waals surface area contributed by atoms with Crippen LogP contribution >= 0.6 is 12.4 Å². The minimum Gasteiger partial charge on any atom is -0.504 e. The maximum absolute atomic E-state index is 10.2. The lowest BCUT2D eigenvalue weighted by molar-refractivity contribution is -0.0422. The van der Waals surface area contributed by atoms with Crippen molar-refractivity contribution in [3.63, 3.8) is 0 Å². The topological polar surface area (TPSA) is 84.9 Å². The second kappa shape index (κ2) is 8.38. The third-order valence-corrected chi connectivity index (χ3v) is 4.80. The summed E-state index contributed by atoms with van der Waals surface area (Å²) >= 11 is 0. The van der Waals surface area contributed by atoms with Crippen molar-refractivity contribution in [2.45, 2.75) is 44.8 Å². The van der Waals surface area contributed by atoms with Gasteiger partial charge in [0.1, 0.15) is 12.4 Å². The smallest absolute Gasteiger partial charge is 0.161 e. The maximum atomic E-state index is 10.2. The van der Waals surface area contributed by atoms with Crippen LogP contribution in [0, 0.1) is 0 Å². The van der Waals surface area contributed by atoms with Gasteiger partial charge in [-0.25, -0.2) is 0 Å². The van der Waals surface area contributed by atoms with Gasteiger partial charge in [-0.15, -0.1) is 12.4 Å². The summed E-state index contributed by atoms with van der Waals surface area (Å²) < 4.78 is 11.9. The Bertz CT molecular complexity index is 771. The molecule has 4 N–H and O–H groups in total. The number of phenols is 2. The van der Waals surface area contributed by atoms with Crippen LogP contribution in [0.3, 0.4) is 0 Å². The van der Waals surface area contributed by atoms with Gasteiger partial charge in [-0.2, -0.15) is 0 Å². The van der Waals surface area contributed by atoms with E-state index in [2.05, 4.69) is 32.9 Å². The minimum atomic E-state index is -0.317. The number of hydrogen-bond acceptors (Lipinski definition) is 5. The van der Waals surface area contributed by atoms with E-state index in [1.807, 2.05) is 12.1 Å². The van der Waals surface area contributed by atoms with Gasteiger partial charge in [0.2, 0.25) is 0 Å². The Morgan fingerprint density at radius 3 is 2.37 bits per heavy atom. The molecule has 27 heavy (non-hydrogen) atoms. The first-order valence-corrected chi connectivity index (χ1v) is 8.92. The number of hydrogen-bond donors (Lipinski definition) is 3. The van der Waals surface area contributed by atoms with E-state index in [4.69, 9.17) is 15.2 Å². The molecule has 148 valence electrons. The lowest BCUT2D eigenvalue weighted by atomic mass is 9.87. The molecule has 0 fully saturated rings. The molecule has 1 aliphatic heterocycles. The van der Waals surface area contributed by atoms with Crippen LogP contribution in [0.4, 0.5) is 0 Å². The van der Waals surface area contributed by atoms with Gasteiger partial charge in [0.05, 0.1) is 12.2 Å². The molecule has 6 heteroatoms. The van der Waals surface area contributed by atoms with E-state index in [1.165, 1.54) is 11.6 Å². The Balaban J connectivity index is 0.00000261. The predicted molar refractivity (Wildman–Crippen MR) is 108 cm³/mol. The first-order valence-electron chi connectivity index (χ1n) is 8.92. The van der Waals surface area contributed by atoms with Crippen LogP contribution in [0.15, 0.2) is 36.4 Å². The molecule has 0 saturated carbocycles. The Morgan fingerprint density at radius 2 is 1.78 bits per heavy atom. The van der Waals surface area contributed by atoms with Gasteiger partial charge in [0.25, 0.3) is 0 Å². The fraction of sp³-hybridized carbons (Fsp3) is 0.429. The molecule has 0 amide bonds. The van der Waals surface area contributed by atoms with Crippen LogP contribution in [0.1, 0.15) is 43.6 Å². The average Bonchev–Trinajstić information content (AvgIpc) is 2.62. The number of aromatic hydroxyl groups is 2. The van der Waals surface area contributed by atoms with Crippen molar-refractivity contribution >= 4 is 12.4 Å². The third kappa shape index (κ3) is 4.67. The maximum Gasteiger partial charge on any atom is 0.161 e. The van der Waals surface area contributed by atoms with Crippen LogP contribution in [-0.2, 0) is 16.6 Å². The average molecular weight is 394 g/mol. The zero-order valence-electron chi connectivity index (χ0n) is 15.9. The molecule has 0 aliphatic carbocycles. The van der Waals surface area contributed by atoms with E-state index < -0.39 is 0 Å². The molecule has 0 spiro atoms. The largest absolute Gasteiger partial charge is 0.504 e. The van der Waals surface area contributed by atoms with Gasteiger partial charge in [-0.1, -0.05) is 39.0 Å². The highest BCUT2D eigenvalue weighted by Gasteiger charge is 2.30. The summed E-state index contributed by atoms with van der Waals surface area (Å²) in [5, 5.41) is 19.9. The minimum absolute atomic E-state index is 0. The number of halogens is 1. The van der Waals surface area contributed by atoms with Crippen molar-refractivity contribution < 1.29 is 19.7 Å². The van der Waals surface area contributed by atoms with Gasteiger partial charge in [-0.3, -0.25) is 0 Å². The van der Waals surface area contributed by atoms with Crippen LogP contribution in [0.25, 0.3) is 0 Å². The predicted octanol–water partition coefficient (Wildman–Crippen LogP) is 3.84. The van der Waals surface area contributed by atoms with Crippen LogP contribution in [-0.4, -0.2) is 29.5 Å². The Kier molecular flexibility index (Phi) is 6.63. The summed E-state index contributed by atoms with van der Waals surface area (Å²) in [7, 11) is 0. The number of ether oxygens (including phenoxy) is 2. The van der Waals surface area contributed by atoms with Crippen LogP contribution < -0.4 is 10.5 Å². The number of phenolic OH excluding ortho intramolecular Hbond substituents is 2. The molecular weight excluding hydrogens is 366 g/mol. The van der Waals surface area contributed by atoms with Crippen molar-refractivity contribution in [1.82, 2.24) is 0 Å². The Labute approximate surface area is 166 Å². The highest BCUT2D eigenvalue weighted by atomic mass is 35.5. The summed E-state index contributed by atoms with van der Waals surface area (Å²) in [6, 6.07) is 11.3. The first-order chi connectivity index (χ1) is 12.3. The lowest BCUT2D eigenvalue weighted by Crippen LogP contribution is -2.34.